The largest absolute Gasteiger partial charge is 0.360 e. The van der Waals surface area contributed by atoms with Crippen LogP contribution in [0.15, 0.2) is 46.8 Å². The van der Waals surface area contributed by atoms with Crippen LogP contribution in [0.1, 0.15) is 5.82 Å². The third-order valence-corrected chi connectivity index (χ3v) is 5.82. The highest BCUT2D eigenvalue weighted by Gasteiger charge is 2.20. The zero-order valence-corrected chi connectivity index (χ0v) is 18.8. The molecule has 0 saturated carbocycles. The van der Waals surface area contributed by atoms with Gasteiger partial charge < -0.3 is 19.7 Å². The highest BCUT2D eigenvalue weighted by molar-refractivity contribution is 14.0. The van der Waals surface area contributed by atoms with Crippen LogP contribution in [0.5, 0.6) is 0 Å². The molecule has 0 bridgehead atoms. The van der Waals surface area contributed by atoms with Gasteiger partial charge in [-0.1, -0.05) is 12.1 Å². The fourth-order valence-corrected chi connectivity index (χ4v) is 4.22. The van der Waals surface area contributed by atoms with Crippen LogP contribution in [0.25, 0.3) is 11.0 Å². The van der Waals surface area contributed by atoms with Crippen molar-refractivity contribution in [2.75, 3.05) is 38.1 Å². The number of hydrogen-bond acceptors (Lipinski definition) is 4. The third kappa shape index (κ3) is 4.21. The standard InChI is InChI=1S/C19H24N6S.HI/c1-20-19(25-11-9-24(10-12-25)18-8-5-13-26-18)21-14-17-22-15-6-3-4-7-16(15)23(17)2;/h3-8,13H,9-12,14H2,1-2H3,(H,20,21);1H. The summed E-state index contributed by atoms with van der Waals surface area (Å²) in [7, 11) is 3.91. The van der Waals surface area contributed by atoms with Gasteiger partial charge in [0.2, 0.25) is 0 Å². The summed E-state index contributed by atoms with van der Waals surface area (Å²) in [6.45, 7) is 4.66. The Morgan fingerprint density at radius 1 is 1.15 bits per heavy atom. The molecule has 6 nitrogen and oxygen atoms in total. The minimum atomic E-state index is 0. The molecule has 1 fully saturated rings. The van der Waals surface area contributed by atoms with Gasteiger partial charge in [0.25, 0.3) is 0 Å². The highest BCUT2D eigenvalue weighted by atomic mass is 127. The maximum absolute atomic E-state index is 4.73. The van der Waals surface area contributed by atoms with E-state index in [1.54, 1.807) is 11.3 Å². The van der Waals surface area contributed by atoms with Gasteiger partial charge in [-0.05, 0) is 29.6 Å². The van der Waals surface area contributed by atoms with Crippen molar-refractivity contribution in [3.63, 3.8) is 0 Å². The summed E-state index contributed by atoms with van der Waals surface area (Å²) in [5.41, 5.74) is 2.19. The van der Waals surface area contributed by atoms with Crippen molar-refractivity contribution in [3.8, 4) is 0 Å². The molecule has 8 heteroatoms. The molecule has 0 unspecified atom stereocenters. The Morgan fingerprint density at radius 2 is 1.93 bits per heavy atom. The van der Waals surface area contributed by atoms with E-state index in [0.717, 1.165) is 49.0 Å². The molecule has 0 atom stereocenters. The molecule has 1 N–H and O–H groups in total. The molecule has 1 saturated heterocycles. The van der Waals surface area contributed by atoms with Crippen LogP contribution in [0.2, 0.25) is 0 Å². The number of aryl methyl sites for hydroxylation is 1. The molecule has 2 aromatic heterocycles. The summed E-state index contributed by atoms with van der Waals surface area (Å²) in [4.78, 5) is 14.0. The van der Waals surface area contributed by atoms with E-state index in [1.807, 2.05) is 19.2 Å². The quantitative estimate of drug-likeness (QED) is 0.344. The van der Waals surface area contributed by atoms with Crippen molar-refractivity contribution in [1.82, 2.24) is 19.8 Å². The maximum atomic E-state index is 4.73. The number of guanidine groups is 1. The number of hydrogen-bond donors (Lipinski definition) is 1. The first-order valence-electron chi connectivity index (χ1n) is 8.90. The zero-order valence-electron chi connectivity index (χ0n) is 15.6. The number of aromatic nitrogens is 2. The van der Waals surface area contributed by atoms with Crippen LogP contribution < -0.4 is 10.2 Å². The fourth-order valence-electron chi connectivity index (χ4n) is 3.43. The van der Waals surface area contributed by atoms with Gasteiger partial charge in [-0.3, -0.25) is 4.99 Å². The average molecular weight is 496 g/mol. The molecular formula is C19H25IN6S. The summed E-state index contributed by atoms with van der Waals surface area (Å²) in [6, 6.07) is 12.5. The van der Waals surface area contributed by atoms with Crippen LogP contribution in [-0.4, -0.2) is 53.6 Å². The minimum Gasteiger partial charge on any atom is -0.360 e. The van der Waals surface area contributed by atoms with Crippen molar-refractivity contribution in [1.29, 1.82) is 0 Å². The maximum Gasteiger partial charge on any atom is 0.194 e. The second-order valence-electron chi connectivity index (χ2n) is 6.40. The molecule has 4 rings (SSSR count). The van der Waals surface area contributed by atoms with Crippen LogP contribution in [0.3, 0.4) is 0 Å². The number of nitrogens with one attached hydrogen (secondary N) is 1. The molecule has 3 aromatic rings. The lowest BCUT2D eigenvalue weighted by Crippen LogP contribution is -2.52. The van der Waals surface area contributed by atoms with Crippen molar-refractivity contribution >= 4 is 57.3 Å². The molecule has 0 amide bonds. The summed E-state index contributed by atoms with van der Waals surface area (Å²) < 4.78 is 2.14. The van der Waals surface area contributed by atoms with Gasteiger partial charge in [0.1, 0.15) is 5.82 Å². The Hall–Kier alpha value is -1.81. The van der Waals surface area contributed by atoms with Gasteiger partial charge in [-0.25, -0.2) is 4.98 Å². The van der Waals surface area contributed by atoms with E-state index >= 15 is 0 Å². The molecule has 3 heterocycles. The predicted molar refractivity (Wildman–Crippen MR) is 124 cm³/mol. The Kier molecular flexibility index (Phi) is 6.59. The van der Waals surface area contributed by atoms with Gasteiger partial charge in [0.15, 0.2) is 5.96 Å². The number of piperazine rings is 1. The van der Waals surface area contributed by atoms with Crippen molar-refractivity contribution < 1.29 is 0 Å². The lowest BCUT2D eigenvalue weighted by Gasteiger charge is -2.37. The topological polar surface area (TPSA) is 48.7 Å². The van der Waals surface area contributed by atoms with Crippen LogP contribution in [-0.2, 0) is 13.6 Å². The molecule has 0 aliphatic carbocycles. The molecule has 1 aromatic carbocycles. The highest BCUT2D eigenvalue weighted by Crippen LogP contribution is 2.22. The Balaban J connectivity index is 0.00000210. The lowest BCUT2D eigenvalue weighted by molar-refractivity contribution is 0.372. The van der Waals surface area contributed by atoms with Gasteiger partial charge >= 0.3 is 0 Å². The Morgan fingerprint density at radius 3 is 2.59 bits per heavy atom. The van der Waals surface area contributed by atoms with E-state index in [9.17, 15) is 0 Å². The molecule has 1 aliphatic heterocycles. The molecule has 0 radical (unpaired) electrons. The van der Waals surface area contributed by atoms with Gasteiger partial charge in [-0.15, -0.1) is 35.3 Å². The van der Waals surface area contributed by atoms with Crippen LogP contribution in [0.4, 0.5) is 5.00 Å². The number of anilines is 1. The number of fused-ring (bicyclic) bond motifs is 1. The summed E-state index contributed by atoms with van der Waals surface area (Å²) in [6.07, 6.45) is 0. The first-order valence-corrected chi connectivity index (χ1v) is 9.78. The SMILES string of the molecule is CN=C(NCc1nc2ccccc2n1C)N1CCN(c2cccs2)CC1.I. The first kappa shape index (κ1) is 19.9. The Bertz CT molecular complexity index is 896. The molecule has 144 valence electrons. The smallest absolute Gasteiger partial charge is 0.194 e. The second-order valence-corrected chi connectivity index (χ2v) is 7.33. The third-order valence-electron chi connectivity index (χ3n) is 4.89. The number of nitrogens with zero attached hydrogens (tertiary/aromatic N) is 5. The average Bonchev–Trinajstić information content (AvgIpc) is 3.32. The fraction of sp³-hybridized carbons (Fsp3) is 0.368. The molecule has 1 aliphatic rings. The summed E-state index contributed by atoms with van der Waals surface area (Å²) >= 11 is 1.81. The normalized spacial score (nSPS) is 15.1. The van der Waals surface area contributed by atoms with Crippen molar-refractivity contribution in [2.45, 2.75) is 6.54 Å². The van der Waals surface area contributed by atoms with E-state index in [0.29, 0.717) is 6.54 Å². The van der Waals surface area contributed by atoms with E-state index in [-0.39, 0.29) is 24.0 Å². The molecule has 0 spiro atoms. The van der Waals surface area contributed by atoms with E-state index in [4.69, 9.17) is 4.98 Å². The summed E-state index contributed by atoms with van der Waals surface area (Å²) in [5.74, 6) is 1.97. The number of aliphatic imine (C=N–C) groups is 1. The van der Waals surface area contributed by atoms with Gasteiger partial charge in [0, 0.05) is 40.3 Å². The van der Waals surface area contributed by atoms with Gasteiger partial charge in [-0.2, -0.15) is 0 Å². The number of thiophene rings is 1. The zero-order chi connectivity index (χ0) is 17.9. The van der Waals surface area contributed by atoms with Gasteiger partial charge in [0.05, 0.1) is 22.6 Å². The number of halogens is 1. The first-order chi connectivity index (χ1) is 12.8. The number of rotatable bonds is 3. The van der Waals surface area contributed by atoms with E-state index in [1.165, 1.54) is 5.00 Å². The van der Waals surface area contributed by atoms with E-state index in [2.05, 4.69) is 61.4 Å². The van der Waals surface area contributed by atoms with Crippen molar-refractivity contribution in [2.24, 2.45) is 12.0 Å². The minimum absolute atomic E-state index is 0. The van der Waals surface area contributed by atoms with Crippen LogP contribution in [0, 0.1) is 0 Å². The Labute approximate surface area is 180 Å². The second kappa shape index (κ2) is 8.92. The molecular weight excluding hydrogens is 471 g/mol. The summed E-state index contributed by atoms with van der Waals surface area (Å²) in [5, 5.41) is 6.98. The number of para-hydroxylation sites is 2. The molecule has 27 heavy (non-hydrogen) atoms. The van der Waals surface area contributed by atoms with Crippen molar-refractivity contribution in [3.05, 3.63) is 47.6 Å². The predicted octanol–water partition coefficient (Wildman–Crippen LogP) is 3.15. The van der Waals surface area contributed by atoms with Crippen LogP contribution >= 0.6 is 35.3 Å². The lowest BCUT2D eigenvalue weighted by atomic mass is 10.3. The monoisotopic (exact) mass is 496 g/mol. The van der Waals surface area contributed by atoms with E-state index < -0.39 is 0 Å². The number of benzene rings is 1. The number of imidazole rings is 1.